The van der Waals surface area contributed by atoms with Gasteiger partial charge in [0, 0.05) is 57.6 Å². The van der Waals surface area contributed by atoms with Crippen LogP contribution in [0.3, 0.4) is 0 Å². The van der Waals surface area contributed by atoms with E-state index >= 15 is 0 Å². The lowest BCUT2D eigenvalue weighted by atomic mass is 10.2. The predicted octanol–water partition coefficient (Wildman–Crippen LogP) is 2.63. The molecular weight excluding hydrogens is 488 g/mol. The van der Waals surface area contributed by atoms with Gasteiger partial charge in [0.2, 0.25) is 5.88 Å². The fourth-order valence-electron chi connectivity index (χ4n) is 2.85. The molecule has 2 heterocycles. The number of aliphatic imine (C=N–C) groups is 1. The molecule has 3 rings (SSSR count). The molecule has 7 nitrogen and oxygen atoms in total. The molecule has 0 saturated carbocycles. The molecule has 0 aliphatic carbocycles. The monoisotopic (exact) mass is 515 g/mol. The SMILES string of the molecule is CN=C(NCCN1CCOCC1)NCc1cccnc1Oc1cccc(F)c1.I. The van der Waals surface area contributed by atoms with Gasteiger partial charge in [-0.25, -0.2) is 9.37 Å². The van der Waals surface area contributed by atoms with Crippen molar-refractivity contribution in [2.45, 2.75) is 6.54 Å². The summed E-state index contributed by atoms with van der Waals surface area (Å²) in [4.78, 5) is 10.9. The number of benzene rings is 1. The first kappa shape index (κ1) is 23.3. The largest absolute Gasteiger partial charge is 0.439 e. The minimum atomic E-state index is -0.349. The van der Waals surface area contributed by atoms with Crippen molar-refractivity contribution in [3.8, 4) is 11.6 Å². The van der Waals surface area contributed by atoms with Gasteiger partial charge in [-0.15, -0.1) is 24.0 Å². The molecule has 1 aliphatic rings. The summed E-state index contributed by atoms with van der Waals surface area (Å²) in [6.45, 7) is 5.72. The Morgan fingerprint density at radius 1 is 1.24 bits per heavy atom. The van der Waals surface area contributed by atoms with Gasteiger partial charge in [0.15, 0.2) is 5.96 Å². The van der Waals surface area contributed by atoms with E-state index in [1.165, 1.54) is 12.1 Å². The van der Waals surface area contributed by atoms with Gasteiger partial charge < -0.3 is 20.1 Å². The lowest BCUT2D eigenvalue weighted by Gasteiger charge is -2.26. The number of halogens is 2. The summed E-state index contributed by atoms with van der Waals surface area (Å²) >= 11 is 0. The summed E-state index contributed by atoms with van der Waals surface area (Å²) in [6.07, 6.45) is 1.65. The van der Waals surface area contributed by atoms with Crippen molar-refractivity contribution >= 4 is 29.9 Å². The van der Waals surface area contributed by atoms with Gasteiger partial charge in [0.05, 0.1) is 13.2 Å². The zero-order chi connectivity index (χ0) is 19.6. The van der Waals surface area contributed by atoms with Crippen molar-refractivity contribution in [2.75, 3.05) is 46.4 Å². The van der Waals surface area contributed by atoms with Crippen LogP contribution in [0.2, 0.25) is 0 Å². The molecule has 2 N–H and O–H groups in total. The van der Waals surface area contributed by atoms with Gasteiger partial charge in [0.25, 0.3) is 0 Å². The number of nitrogens with one attached hydrogen (secondary N) is 2. The highest BCUT2D eigenvalue weighted by Gasteiger charge is 2.11. The second kappa shape index (κ2) is 12.6. The average molecular weight is 515 g/mol. The van der Waals surface area contributed by atoms with Crippen LogP contribution in [0.1, 0.15) is 5.56 Å². The van der Waals surface area contributed by atoms with Crippen LogP contribution >= 0.6 is 24.0 Å². The van der Waals surface area contributed by atoms with Gasteiger partial charge in [-0.2, -0.15) is 0 Å². The first-order chi connectivity index (χ1) is 13.7. The van der Waals surface area contributed by atoms with E-state index < -0.39 is 0 Å². The molecule has 9 heteroatoms. The Morgan fingerprint density at radius 2 is 2.07 bits per heavy atom. The van der Waals surface area contributed by atoms with E-state index in [0.717, 1.165) is 45.0 Å². The Morgan fingerprint density at radius 3 is 2.83 bits per heavy atom. The number of nitrogens with zero attached hydrogens (tertiary/aromatic N) is 3. The Hall–Kier alpha value is -1.98. The maximum absolute atomic E-state index is 13.4. The van der Waals surface area contributed by atoms with Crippen LogP contribution in [0.4, 0.5) is 4.39 Å². The molecule has 0 amide bonds. The molecule has 0 bridgehead atoms. The predicted molar refractivity (Wildman–Crippen MR) is 122 cm³/mol. The molecule has 2 aromatic rings. The lowest BCUT2D eigenvalue weighted by molar-refractivity contribution is 0.0389. The van der Waals surface area contributed by atoms with E-state index in [1.807, 2.05) is 12.1 Å². The van der Waals surface area contributed by atoms with Gasteiger partial charge >= 0.3 is 0 Å². The van der Waals surface area contributed by atoms with Crippen molar-refractivity contribution in [3.05, 3.63) is 54.0 Å². The van der Waals surface area contributed by atoms with E-state index in [-0.39, 0.29) is 29.8 Å². The number of rotatable bonds is 7. The summed E-state index contributed by atoms with van der Waals surface area (Å²) in [5, 5.41) is 6.57. The molecule has 1 saturated heterocycles. The maximum Gasteiger partial charge on any atom is 0.224 e. The van der Waals surface area contributed by atoms with Crippen molar-refractivity contribution in [3.63, 3.8) is 0 Å². The quantitative estimate of drug-likeness (QED) is 0.336. The van der Waals surface area contributed by atoms with Crippen molar-refractivity contribution < 1.29 is 13.9 Å². The first-order valence-corrected chi connectivity index (χ1v) is 9.36. The zero-order valence-corrected chi connectivity index (χ0v) is 18.8. The van der Waals surface area contributed by atoms with Crippen LogP contribution in [-0.2, 0) is 11.3 Å². The normalized spacial score (nSPS) is 14.8. The summed E-state index contributed by atoms with van der Waals surface area (Å²) < 4.78 is 24.5. The van der Waals surface area contributed by atoms with Crippen LogP contribution in [0, 0.1) is 5.82 Å². The number of hydrogen-bond acceptors (Lipinski definition) is 5. The van der Waals surface area contributed by atoms with E-state index in [4.69, 9.17) is 9.47 Å². The van der Waals surface area contributed by atoms with E-state index in [0.29, 0.717) is 24.1 Å². The van der Waals surface area contributed by atoms with Gasteiger partial charge in [-0.3, -0.25) is 9.89 Å². The van der Waals surface area contributed by atoms with Crippen molar-refractivity contribution in [1.82, 2.24) is 20.5 Å². The van der Waals surface area contributed by atoms with Crippen molar-refractivity contribution in [2.24, 2.45) is 4.99 Å². The van der Waals surface area contributed by atoms with E-state index in [9.17, 15) is 4.39 Å². The number of hydrogen-bond donors (Lipinski definition) is 2. The third kappa shape index (κ3) is 7.75. The fraction of sp³-hybridized carbons (Fsp3) is 0.400. The van der Waals surface area contributed by atoms with Crippen LogP contribution in [-0.4, -0.2) is 62.3 Å². The molecule has 0 spiro atoms. The minimum absolute atomic E-state index is 0. The standard InChI is InChI=1S/C20H26FN5O2.HI/c1-22-20(24-8-9-26-10-12-27-13-11-26)25-15-16-4-3-7-23-19(16)28-18-6-2-5-17(21)14-18;/h2-7,14H,8-13,15H2,1H3,(H2,22,24,25);1H. The summed E-state index contributed by atoms with van der Waals surface area (Å²) in [5.41, 5.74) is 0.850. The fourth-order valence-corrected chi connectivity index (χ4v) is 2.85. The third-order valence-corrected chi connectivity index (χ3v) is 4.35. The second-order valence-electron chi connectivity index (χ2n) is 6.33. The average Bonchev–Trinajstić information content (AvgIpc) is 2.72. The highest BCUT2D eigenvalue weighted by Crippen LogP contribution is 2.23. The molecule has 1 aliphatic heterocycles. The van der Waals surface area contributed by atoms with Gasteiger partial charge in [-0.1, -0.05) is 12.1 Å². The van der Waals surface area contributed by atoms with Crippen LogP contribution < -0.4 is 15.4 Å². The Kier molecular flexibility index (Phi) is 10.1. The molecule has 0 unspecified atom stereocenters. The molecule has 1 fully saturated rings. The van der Waals surface area contributed by atoms with Crippen LogP contribution in [0.25, 0.3) is 0 Å². The molecule has 158 valence electrons. The summed E-state index contributed by atoms with van der Waals surface area (Å²) in [5.74, 6) is 1.20. The molecule has 0 atom stereocenters. The zero-order valence-electron chi connectivity index (χ0n) is 16.4. The van der Waals surface area contributed by atoms with E-state index in [1.54, 1.807) is 25.4 Å². The highest BCUT2D eigenvalue weighted by molar-refractivity contribution is 14.0. The molecule has 1 aromatic carbocycles. The minimum Gasteiger partial charge on any atom is -0.439 e. The van der Waals surface area contributed by atoms with Crippen molar-refractivity contribution in [1.29, 1.82) is 0 Å². The topological polar surface area (TPSA) is 71.0 Å². The number of pyridine rings is 1. The number of ether oxygens (including phenoxy) is 2. The molecule has 29 heavy (non-hydrogen) atoms. The first-order valence-electron chi connectivity index (χ1n) is 9.36. The van der Waals surface area contributed by atoms with E-state index in [2.05, 4.69) is 25.5 Å². The third-order valence-electron chi connectivity index (χ3n) is 4.35. The second-order valence-corrected chi connectivity index (χ2v) is 6.33. The van der Waals surface area contributed by atoms with Gasteiger partial charge in [-0.05, 0) is 18.2 Å². The Bertz CT molecular complexity index is 787. The van der Waals surface area contributed by atoms with Gasteiger partial charge in [0.1, 0.15) is 11.6 Å². The number of guanidine groups is 1. The molecule has 0 radical (unpaired) electrons. The maximum atomic E-state index is 13.4. The van der Waals surface area contributed by atoms with Crippen LogP contribution in [0.15, 0.2) is 47.6 Å². The number of aromatic nitrogens is 1. The summed E-state index contributed by atoms with van der Waals surface area (Å²) in [7, 11) is 1.73. The number of morpholine rings is 1. The molecular formula is C20H27FIN5O2. The Labute approximate surface area is 187 Å². The summed E-state index contributed by atoms with van der Waals surface area (Å²) in [6, 6.07) is 9.75. The molecule has 1 aromatic heterocycles. The lowest BCUT2D eigenvalue weighted by Crippen LogP contribution is -2.44. The highest BCUT2D eigenvalue weighted by atomic mass is 127. The smallest absolute Gasteiger partial charge is 0.224 e. The van der Waals surface area contributed by atoms with Crippen LogP contribution in [0.5, 0.6) is 11.6 Å². The Balaban J connectivity index is 0.00000300.